The van der Waals surface area contributed by atoms with Crippen molar-refractivity contribution in [2.24, 2.45) is 0 Å². The number of nitrogens with zero attached hydrogens (tertiary/aromatic N) is 3. The van der Waals surface area contributed by atoms with Gasteiger partial charge in [-0.2, -0.15) is 0 Å². The molecule has 0 spiro atoms. The molecule has 1 aliphatic rings. The molecule has 1 N–H and O–H groups in total. The van der Waals surface area contributed by atoms with E-state index in [4.69, 9.17) is 0 Å². The lowest BCUT2D eigenvalue weighted by molar-refractivity contribution is -0.130. The SMILES string of the molecule is CC(=O)c1cccc(NC(=O)c2cncc(C(=O)N3CCN(C(C)=O)CC3)c2)c1. The lowest BCUT2D eigenvalue weighted by Crippen LogP contribution is -2.50. The molecular formula is C21H22N4O4. The number of piperazine rings is 1. The van der Waals surface area contributed by atoms with E-state index in [1.165, 1.54) is 32.3 Å². The molecule has 0 saturated carbocycles. The number of hydrogen-bond donors (Lipinski definition) is 1. The molecule has 3 rings (SSSR count). The highest BCUT2D eigenvalue weighted by Crippen LogP contribution is 2.14. The molecule has 0 atom stereocenters. The lowest BCUT2D eigenvalue weighted by atomic mass is 10.1. The quantitative estimate of drug-likeness (QED) is 0.798. The molecule has 1 fully saturated rings. The number of benzene rings is 1. The Morgan fingerprint density at radius 3 is 2.17 bits per heavy atom. The van der Waals surface area contributed by atoms with E-state index in [1.54, 1.807) is 34.1 Å². The first-order valence-corrected chi connectivity index (χ1v) is 9.27. The van der Waals surface area contributed by atoms with Crippen LogP contribution in [0.4, 0.5) is 5.69 Å². The van der Waals surface area contributed by atoms with Crippen molar-refractivity contribution in [3.8, 4) is 0 Å². The lowest BCUT2D eigenvalue weighted by Gasteiger charge is -2.34. The minimum absolute atomic E-state index is 0.00808. The molecule has 1 aromatic heterocycles. The zero-order valence-corrected chi connectivity index (χ0v) is 16.3. The Bertz CT molecular complexity index is 965. The molecule has 0 aliphatic carbocycles. The standard InChI is InChI=1S/C21H22N4O4/c1-14(26)16-4-3-5-19(11-16)23-20(28)17-10-18(13-22-12-17)21(29)25-8-6-24(7-9-25)15(2)27/h3-5,10-13H,6-9H2,1-2H3,(H,23,28). The van der Waals surface area contributed by atoms with Crippen LogP contribution in [-0.2, 0) is 4.79 Å². The van der Waals surface area contributed by atoms with Crippen LogP contribution in [0.15, 0.2) is 42.7 Å². The Hall–Kier alpha value is -3.55. The first-order chi connectivity index (χ1) is 13.8. The average molecular weight is 394 g/mol. The Labute approximate surface area is 168 Å². The number of carbonyl (C=O) groups is 4. The maximum Gasteiger partial charge on any atom is 0.257 e. The molecule has 8 nitrogen and oxygen atoms in total. The zero-order chi connectivity index (χ0) is 21.0. The first kappa shape index (κ1) is 20.2. The monoisotopic (exact) mass is 394 g/mol. The number of pyridine rings is 1. The van der Waals surface area contributed by atoms with Crippen LogP contribution < -0.4 is 5.32 Å². The van der Waals surface area contributed by atoms with Gasteiger partial charge in [0.25, 0.3) is 11.8 Å². The maximum absolute atomic E-state index is 12.7. The summed E-state index contributed by atoms with van der Waals surface area (Å²) in [5.41, 5.74) is 1.53. The first-order valence-electron chi connectivity index (χ1n) is 9.27. The molecule has 1 saturated heterocycles. The number of nitrogens with one attached hydrogen (secondary N) is 1. The van der Waals surface area contributed by atoms with Gasteiger partial charge in [0.1, 0.15) is 0 Å². The molecule has 2 aromatic rings. The van der Waals surface area contributed by atoms with E-state index in [1.807, 2.05) is 0 Å². The van der Waals surface area contributed by atoms with Crippen LogP contribution in [-0.4, -0.2) is 64.5 Å². The van der Waals surface area contributed by atoms with Gasteiger partial charge in [0, 0.05) is 56.7 Å². The van der Waals surface area contributed by atoms with Crippen molar-refractivity contribution in [3.05, 3.63) is 59.4 Å². The van der Waals surface area contributed by atoms with Crippen molar-refractivity contribution in [1.82, 2.24) is 14.8 Å². The summed E-state index contributed by atoms with van der Waals surface area (Å²) in [4.78, 5) is 55.6. The molecule has 2 heterocycles. The zero-order valence-electron chi connectivity index (χ0n) is 16.3. The van der Waals surface area contributed by atoms with Crippen LogP contribution in [0, 0.1) is 0 Å². The average Bonchev–Trinajstić information content (AvgIpc) is 2.73. The third-order valence-corrected chi connectivity index (χ3v) is 4.79. The van der Waals surface area contributed by atoms with Gasteiger partial charge in [-0.15, -0.1) is 0 Å². The third-order valence-electron chi connectivity index (χ3n) is 4.79. The molecular weight excluding hydrogens is 372 g/mol. The van der Waals surface area contributed by atoms with E-state index in [0.717, 1.165) is 0 Å². The second-order valence-electron chi connectivity index (χ2n) is 6.85. The number of anilines is 1. The summed E-state index contributed by atoms with van der Waals surface area (Å²) in [6.07, 6.45) is 2.81. The molecule has 0 radical (unpaired) electrons. The van der Waals surface area contributed by atoms with Crippen molar-refractivity contribution >= 4 is 29.2 Å². The van der Waals surface area contributed by atoms with E-state index >= 15 is 0 Å². The number of ketones is 1. The third kappa shape index (κ3) is 4.84. The summed E-state index contributed by atoms with van der Waals surface area (Å²) < 4.78 is 0. The highest BCUT2D eigenvalue weighted by molar-refractivity contribution is 6.06. The van der Waals surface area contributed by atoms with Crippen molar-refractivity contribution in [2.75, 3.05) is 31.5 Å². The van der Waals surface area contributed by atoms with Crippen LogP contribution in [0.2, 0.25) is 0 Å². The number of amides is 3. The normalized spacial score (nSPS) is 13.7. The van der Waals surface area contributed by atoms with Crippen molar-refractivity contribution in [2.45, 2.75) is 13.8 Å². The number of rotatable bonds is 4. The van der Waals surface area contributed by atoms with E-state index in [-0.39, 0.29) is 23.2 Å². The number of hydrogen-bond acceptors (Lipinski definition) is 5. The summed E-state index contributed by atoms with van der Waals surface area (Å²) in [7, 11) is 0. The van der Waals surface area contributed by atoms with Gasteiger partial charge in [0.2, 0.25) is 5.91 Å². The van der Waals surface area contributed by atoms with Gasteiger partial charge < -0.3 is 15.1 Å². The molecule has 0 unspecified atom stereocenters. The summed E-state index contributed by atoms with van der Waals surface area (Å²) in [5, 5.41) is 2.72. The Morgan fingerprint density at radius 1 is 0.862 bits per heavy atom. The molecule has 3 amide bonds. The van der Waals surface area contributed by atoms with E-state index in [2.05, 4.69) is 10.3 Å². The molecule has 1 aromatic carbocycles. The van der Waals surface area contributed by atoms with Crippen molar-refractivity contribution in [3.63, 3.8) is 0 Å². The van der Waals surface area contributed by atoms with E-state index < -0.39 is 5.91 Å². The topological polar surface area (TPSA) is 99.7 Å². The van der Waals surface area contributed by atoms with E-state index in [9.17, 15) is 19.2 Å². The maximum atomic E-state index is 12.7. The second kappa shape index (κ2) is 8.64. The number of Topliss-reactive ketones (excluding diaryl/α,β-unsaturated/α-hetero) is 1. The van der Waals surface area contributed by atoms with Crippen LogP contribution in [0.5, 0.6) is 0 Å². The second-order valence-corrected chi connectivity index (χ2v) is 6.85. The smallest absolute Gasteiger partial charge is 0.257 e. The largest absolute Gasteiger partial charge is 0.339 e. The highest BCUT2D eigenvalue weighted by Gasteiger charge is 2.24. The minimum Gasteiger partial charge on any atom is -0.339 e. The van der Waals surface area contributed by atoms with Gasteiger partial charge in [-0.1, -0.05) is 12.1 Å². The number of aromatic nitrogens is 1. The molecule has 8 heteroatoms. The van der Waals surface area contributed by atoms with Gasteiger partial charge in [-0.3, -0.25) is 24.2 Å². The van der Waals surface area contributed by atoms with Gasteiger partial charge in [0.05, 0.1) is 11.1 Å². The fourth-order valence-corrected chi connectivity index (χ4v) is 3.11. The number of carbonyl (C=O) groups excluding carboxylic acids is 4. The predicted molar refractivity (Wildman–Crippen MR) is 107 cm³/mol. The Kier molecular flexibility index (Phi) is 6.01. The van der Waals surface area contributed by atoms with Crippen LogP contribution in [0.3, 0.4) is 0 Å². The van der Waals surface area contributed by atoms with Gasteiger partial charge >= 0.3 is 0 Å². The van der Waals surface area contributed by atoms with E-state index in [0.29, 0.717) is 43.0 Å². The molecule has 1 aliphatic heterocycles. The fraction of sp³-hybridized carbons (Fsp3) is 0.286. The van der Waals surface area contributed by atoms with Crippen molar-refractivity contribution < 1.29 is 19.2 Å². The molecule has 0 bridgehead atoms. The summed E-state index contributed by atoms with van der Waals surface area (Å²) >= 11 is 0. The summed E-state index contributed by atoms with van der Waals surface area (Å²) in [5.74, 6) is -0.755. The predicted octanol–water partition coefficient (Wildman–Crippen LogP) is 1.84. The van der Waals surface area contributed by atoms with Gasteiger partial charge in [-0.05, 0) is 25.1 Å². The fourth-order valence-electron chi connectivity index (χ4n) is 3.11. The summed E-state index contributed by atoms with van der Waals surface area (Å²) in [6.45, 7) is 4.81. The molecule has 29 heavy (non-hydrogen) atoms. The van der Waals surface area contributed by atoms with Crippen LogP contribution in [0.1, 0.15) is 44.9 Å². The van der Waals surface area contributed by atoms with Gasteiger partial charge in [0.15, 0.2) is 5.78 Å². The minimum atomic E-state index is -0.422. The van der Waals surface area contributed by atoms with Crippen LogP contribution >= 0.6 is 0 Å². The summed E-state index contributed by atoms with van der Waals surface area (Å²) in [6, 6.07) is 8.13. The molecule has 150 valence electrons. The van der Waals surface area contributed by atoms with Crippen LogP contribution in [0.25, 0.3) is 0 Å². The highest BCUT2D eigenvalue weighted by atomic mass is 16.2. The Balaban J connectivity index is 1.70. The van der Waals surface area contributed by atoms with Crippen molar-refractivity contribution in [1.29, 1.82) is 0 Å². The van der Waals surface area contributed by atoms with Gasteiger partial charge in [-0.25, -0.2) is 0 Å². The Morgan fingerprint density at radius 2 is 1.52 bits per heavy atom.